The quantitative estimate of drug-likeness (QED) is 0.472. The molecule has 0 unspecified atom stereocenters. The van der Waals surface area contributed by atoms with Crippen molar-refractivity contribution in [2.24, 2.45) is 0 Å². The molecular formula is C8H11N3O2S. The van der Waals surface area contributed by atoms with Crippen LogP contribution in [0.3, 0.4) is 0 Å². The minimum atomic E-state index is -0.536. The van der Waals surface area contributed by atoms with Crippen LogP contribution in [-0.4, -0.2) is 15.2 Å². The molecule has 14 heavy (non-hydrogen) atoms. The largest absolute Gasteiger partial charge is 0.378 e. The van der Waals surface area contributed by atoms with Gasteiger partial charge >= 0.3 is 5.69 Å². The topological polar surface area (TPSA) is 82.0 Å². The molecule has 0 spiro atoms. The van der Waals surface area contributed by atoms with Gasteiger partial charge in [0.05, 0.1) is 9.95 Å². The Morgan fingerprint density at radius 2 is 2.21 bits per heavy atom. The minimum absolute atomic E-state index is 0.0272. The van der Waals surface area contributed by atoms with Crippen LogP contribution in [0.5, 0.6) is 0 Å². The van der Waals surface area contributed by atoms with Gasteiger partial charge in [-0.2, -0.15) is 0 Å². The Balaban J connectivity index is 2.94. The average molecular weight is 213 g/mol. The van der Waals surface area contributed by atoms with E-state index >= 15 is 0 Å². The van der Waals surface area contributed by atoms with Crippen LogP contribution in [0.25, 0.3) is 0 Å². The number of rotatable bonds is 3. The van der Waals surface area contributed by atoms with E-state index in [1.807, 2.05) is 13.8 Å². The van der Waals surface area contributed by atoms with Crippen LogP contribution in [0, 0.1) is 10.1 Å². The summed E-state index contributed by atoms with van der Waals surface area (Å²) < 4.78 is 0. The maximum atomic E-state index is 10.4. The van der Waals surface area contributed by atoms with Crippen LogP contribution in [-0.2, 0) is 0 Å². The van der Waals surface area contributed by atoms with E-state index in [1.165, 1.54) is 17.8 Å². The summed E-state index contributed by atoms with van der Waals surface area (Å²) >= 11 is 1.52. The molecule has 0 saturated heterocycles. The number of nitrogen functional groups attached to an aromatic ring is 1. The normalized spacial score (nSPS) is 10.5. The van der Waals surface area contributed by atoms with E-state index in [0.29, 0.717) is 10.3 Å². The van der Waals surface area contributed by atoms with E-state index < -0.39 is 4.92 Å². The molecule has 0 aliphatic carbocycles. The molecule has 0 atom stereocenters. The van der Waals surface area contributed by atoms with Crippen molar-refractivity contribution in [1.29, 1.82) is 0 Å². The van der Waals surface area contributed by atoms with Crippen molar-refractivity contribution in [1.82, 2.24) is 4.98 Å². The molecule has 76 valence electrons. The molecule has 6 heteroatoms. The average Bonchev–Trinajstić information content (AvgIpc) is 2.01. The van der Waals surface area contributed by atoms with Crippen molar-refractivity contribution < 1.29 is 4.92 Å². The smallest absolute Gasteiger partial charge is 0.311 e. The first kappa shape index (κ1) is 10.8. The van der Waals surface area contributed by atoms with E-state index in [2.05, 4.69) is 4.98 Å². The van der Waals surface area contributed by atoms with Gasteiger partial charge in [-0.15, -0.1) is 11.8 Å². The zero-order valence-electron chi connectivity index (χ0n) is 7.93. The second kappa shape index (κ2) is 4.28. The Hall–Kier alpha value is -1.30. The molecule has 0 aliphatic heterocycles. The molecule has 0 aliphatic rings. The molecule has 0 saturated carbocycles. The van der Waals surface area contributed by atoms with Gasteiger partial charge in [0.25, 0.3) is 0 Å². The summed E-state index contributed by atoms with van der Waals surface area (Å²) in [4.78, 5) is 13.8. The third-order valence-corrected chi connectivity index (χ3v) is 2.37. The fraction of sp³-hybridized carbons (Fsp3) is 0.375. The Bertz CT molecular complexity index is 354. The highest BCUT2D eigenvalue weighted by Crippen LogP contribution is 2.26. The highest BCUT2D eigenvalue weighted by Gasteiger charge is 2.13. The molecule has 5 nitrogen and oxygen atoms in total. The predicted molar refractivity (Wildman–Crippen MR) is 56.3 cm³/mol. The van der Waals surface area contributed by atoms with Gasteiger partial charge in [-0.3, -0.25) is 10.1 Å². The number of pyridine rings is 1. The van der Waals surface area contributed by atoms with Crippen LogP contribution in [0.1, 0.15) is 13.8 Å². The number of hydrogen-bond acceptors (Lipinski definition) is 5. The summed E-state index contributed by atoms with van der Waals surface area (Å²) in [6.45, 7) is 4.04. The first-order valence-electron chi connectivity index (χ1n) is 4.08. The van der Waals surface area contributed by atoms with Crippen molar-refractivity contribution in [3.05, 3.63) is 22.2 Å². The molecule has 0 amide bonds. The maximum absolute atomic E-state index is 10.4. The lowest BCUT2D eigenvalue weighted by atomic mass is 10.4. The summed E-state index contributed by atoms with van der Waals surface area (Å²) in [6, 6.07) is 2.99. The van der Waals surface area contributed by atoms with Gasteiger partial charge in [0, 0.05) is 11.3 Å². The summed E-state index contributed by atoms with van der Waals surface area (Å²) in [6.07, 6.45) is 0. The van der Waals surface area contributed by atoms with Crippen LogP contribution < -0.4 is 5.73 Å². The highest BCUT2D eigenvalue weighted by molar-refractivity contribution is 7.99. The highest BCUT2D eigenvalue weighted by atomic mass is 32.2. The van der Waals surface area contributed by atoms with E-state index in [0.717, 1.165) is 0 Å². The van der Waals surface area contributed by atoms with Crippen molar-refractivity contribution in [3.63, 3.8) is 0 Å². The van der Waals surface area contributed by atoms with E-state index in [1.54, 1.807) is 6.07 Å². The second-order valence-electron chi connectivity index (χ2n) is 2.98. The van der Waals surface area contributed by atoms with E-state index in [9.17, 15) is 10.1 Å². The molecule has 0 aromatic carbocycles. The van der Waals surface area contributed by atoms with Crippen molar-refractivity contribution >= 4 is 23.3 Å². The second-order valence-corrected chi connectivity index (χ2v) is 4.57. The number of anilines is 1. The number of nitrogens with zero attached hydrogens (tertiary/aromatic N) is 2. The molecule has 0 bridgehead atoms. The monoisotopic (exact) mass is 213 g/mol. The Morgan fingerprint density at radius 3 is 2.64 bits per heavy atom. The van der Waals surface area contributed by atoms with Crippen LogP contribution in [0.2, 0.25) is 0 Å². The van der Waals surface area contributed by atoms with Crippen molar-refractivity contribution in [2.45, 2.75) is 24.1 Å². The molecule has 1 rings (SSSR count). The molecule has 1 aromatic heterocycles. The first-order chi connectivity index (χ1) is 6.50. The summed E-state index contributed by atoms with van der Waals surface area (Å²) in [7, 11) is 0. The number of aromatic nitrogens is 1. The molecule has 0 fully saturated rings. The maximum Gasteiger partial charge on any atom is 0.311 e. The molecule has 1 aromatic rings. The van der Waals surface area contributed by atoms with E-state index in [-0.39, 0.29) is 11.5 Å². The Kier molecular flexibility index (Phi) is 3.29. The third-order valence-electron chi connectivity index (χ3n) is 1.43. The molecule has 1 heterocycles. The predicted octanol–water partition coefficient (Wildman–Crippen LogP) is 2.07. The third kappa shape index (κ3) is 2.59. The molecule has 0 radical (unpaired) electrons. The first-order valence-corrected chi connectivity index (χ1v) is 4.96. The minimum Gasteiger partial charge on any atom is -0.378 e. The van der Waals surface area contributed by atoms with Crippen LogP contribution >= 0.6 is 11.8 Å². The Morgan fingerprint density at radius 1 is 1.57 bits per heavy atom. The number of nitro groups is 1. The van der Waals surface area contributed by atoms with E-state index in [4.69, 9.17) is 5.73 Å². The summed E-state index contributed by atoms with van der Waals surface area (Å²) in [5.41, 5.74) is 5.29. The number of nitrogens with two attached hydrogens (primary N) is 1. The number of thioether (sulfide) groups is 1. The summed E-state index contributed by atoms with van der Waals surface area (Å²) in [5.74, 6) is -0.0272. The lowest BCUT2D eigenvalue weighted by Gasteiger charge is -2.04. The standard InChI is InChI=1S/C8H11N3O2S/c1-5(2)14-7-4-3-6(11(12)13)8(9)10-7/h3-5H,1-2H3,(H2,9,10). The van der Waals surface area contributed by atoms with Gasteiger partial charge in [0.15, 0.2) is 0 Å². The van der Waals surface area contributed by atoms with Crippen molar-refractivity contribution in [3.8, 4) is 0 Å². The van der Waals surface area contributed by atoms with Gasteiger partial charge in [-0.1, -0.05) is 13.8 Å². The lowest BCUT2D eigenvalue weighted by Crippen LogP contribution is -1.99. The number of hydrogen-bond donors (Lipinski definition) is 1. The zero-order chi connectivity index (χ0) is 10.7. The van der Waals surface area contributed by atoms with Gasteiger partial charge in [0.2, 0.25) is 5.82 Å². The SMILES string of the molecule is CC(C)Sc1ccc([N+](=O)[O-])c(N)n1. The van der Waals surface area contributed by atoms with Crippen LogP contribution in [0.4, 0.5) is 11.5 Å². The molecular weight excluding hydrogens is 202 g/mol. The fourth-order valence-electron chi connectivity index (χ4n) is 0.910. The van der Waals surface area contributed by atoms with Gasteiger partial charge in [0.1, 0.15) is 0 Å². The molecule has 2 N–H and O–H groups in total. The summed E-state index contributed by atoms with van der Waals surface area (Å²) in [5, 5.41) is 11.5. The lowest BCUT2D eigenvalue weighted by molar-refractivity contribution is -0.384. The van der Waals surface area contributed by atoms with Gasteiger partial charge in [-0.05, 0) is 6.07 Å². The van der Waals surface area contributed by atoms with Gasteiger partial charge < -0.3 is 5.73 Å². The fourth-order valence-corrected chi connectivity index (χ4v) is 1.69. The van der Waals surface area contributed by atoms with Gasteiger partial charge in [-0.25, -0.2) is 4.98 Å². The zero-order valence-corrected chi connectivity index (χ0v) is 8.75. The van der Waals surface area contributed by atoms with Crippen LogP contribution in [0.15, 0.2) is 17.2 Å². The van der Waals surface area contributed by atoms with Crippen molar-refractivity contribution in [2.75, 3.05) is 5.73 Å². The Labute approximate surface area is 85.9 Å².